The van der Waals surface area contributed by atoms with Gasteiger partial charge < -0.3 is 0 Å². The highest BCUT2D eigenvalue weighted by molar-refractivity contribution is 7.12. The molecule has 0 spiro atoms. The van der Waals surface area contributed by atoms with E-state index in [0.717, 1.165) is 4.88 Å². The second-order valence-electron chi connectivity index (χ2n) is 2.27. The van der Waals surface area contributed by atoms with E-state index < -0.39 is 0 Å². The Kier molecular flexibility index (Phi) is 1.75. The van der Waals surface area contributed by atoms with Crippen molar-refractivity contribution in [3.8, 4) is 0 Å². The quantitative estimate of drug-likeness (QED) is 0.711. The topological polar surface area (TPSA) is 45.8 Å². The van der Waals surface area contributed by atoms with Gasteiger partial charge in [-0.1, -0.05) is 6.07 Å². The summed E-state index contributed by atoms with van der Waals surface area (Å²) in [5.41, 5.74) is 0.470. The molecule has 0 saturated heterocycles. The van der Waals surface area contributed by atoms with Gasteiger partial charge in [-0.05, 0) is 17.5 Å². The molecule has 0 aliphatic carbocycles. The number of aromatic amines is 1. The zero-order valence-corrected chi connectivity index (χ0v) is 6.97. The number of nitrogens with zero attached hydrogens (tertiary/aromatic N) is 1. The van der Waals surface area contributed by atoms with Crippen molar-refractivity contribution in [3.05, 3.63) is 40.3 Å². The van der Waals surface area contributed by atoms with Crippen molar-refractivity contribution in [2.24, 2.45) is 0 Å². The maximum absolute atomic E-state index is 11.5. The van der Waals surface area contributed by atoms with Gasteiger partial charge in [-0.15, -0.1) is 11.3 Å². The number of aromatic nitrogens is 2. The van der Waals surface area contributed by atoms with Gasteiger partial charge in [-0.25, -0.2) is 0 Å². The van der Waals surface area contributed by atoms with Crippen LogP contribution in [0.3, 0.4) is 0 Å². The fraction of sp³-hybridized carbons (Fsp3) is 0. The summed E-state index contributed by atoms with van der Waals surface area (Å²) in [5, 5.41) is 8.29. The van der Waals surface area contributed by atoms with E-state index in [1.165, 1.54) is 11.3 Å². The van der Waals surface area contributed by atoms with Crippen molar-refractivity contribution in [2.75, 3.05) is 0 Å². The molecule has 0 saturated carbocycles. The third-order valence-corrected chi connectivity index (χ3v) is 2.35. The van der Waals surface area contributed by atoms with Crippen LogP contribution in [0.4, 0.5) is 0 Å². The molecule has 2 aromatic rings. The summed E-state index contributed by atoms with van der Waals surface area (Å²) in [7, 11) is 0. The Morgan fingerprint density at radius 3 is 3.00 bits per heavy atom. The van der Waals surface area contributed by atoms with Crippen molar-refractivity contribution in [1.29, 1.82) is 0 Å². The smallest absolute Gasteiger partial charge is 0.223 e. The lowest BCUT2D eigenvalue weighted by molar-refractivity contribution is 0.103. The molecule has 0 amide bonds. The molecule has 0 radical (unpaired) electrons. The lowest BCUT2D eigenvalue weighted by Crippen LogP contribution is -1.98. The van der Waals surface area contributed by atoms with Crippen molar-refractivity contribution >= 4 is 17.1 Å². The van der Waals surface area contributed by atoms with Crippen LogP contribution in [0.2, 0.25) is 0 Å². The monoisotopic (exact) mass is 178 g/mol. The number of carbonyl (C=O) groups is 1. The Morgan fingerprint density at radius 1 is 1.50 bits per heavy atom. The van der Waals surface area contributed by atoms with E-state index in [1.807, 2.05) is 11.4 Å². The summed E-state index contributed by atoms with van der Waals surface area (Å²) in [5.74, 6) is -0.0220. The minimum Gasteiger partial charge on any atom is -0.286 e. The second-order valence-corrected chi connectivity index (χ2v) is 3.21. The van der Waals surface area contributed by atoms with Gasteiger partial charge in [0.15, 0.2) is 0 Å². The Hall–Kier alpha value is -1.42. The van der Waals surface area contributed by atoms with Gasteiger partial charge in [0.05, 0.1) is 4.88 Å². The van der Waals surface area contributed by atoms with E-state index in [2.05, 4.69) is 10.2 Å². The Balaban J connectivity index is 2.34. The zero-order chi connectivity index (χ0) is 8.39. The van der Waals surface area contributed by atoms with E-state index in [9.17, 15) is 4.79 Å². The van der Waals surface area contributed by atoms with Gasteiger partial charge in [0.1, 0.15) is 5.69 Å². The molecule has 0 fully saturated rings. The standard InChI is InChI=1S/C8H6N2OS/c11-8(6-3-4-9-10-6)7-2-1-5-12-7/h1-5H,(H,9,10). The molecule has 0 unspecified atom stereocenters. The molecule has 2 aromatic heterocycles. The lowest BCUT2D eigenvalue weighted by Gasteiger charge is -1.88. The molecule has 0 aliphatic heterocycles. The van der Waals surface area contributed by atoms with Crippen molar-refractivity contribution in [2.45, 2.75) is 0 Å². The van der Waals surface area contributed by atoms with Gasteiger partial charge in [0.2, 0.25) is 5.78 Å². The van der Waals surface area contributed by atoms with Crippen LogP contribution < -0.4 is 0 Å². The van der Waals surface area contributed by atoms with E-state index in [0.29, 0.717) is 5.69 Å². The normalized spacial score (nSPS) is 10.0. The van der Waals surface area contributed by atoms with Gasteiger partial charge in [-0.2, -0.15) is 5.10 Å². The third kappa shape index (κ3) is 1.16. The predicted octanol–water partition coefficient (Wildman–Crippen LogP) is 1.70. The first-order valence-electron chi connectivity index (χ1n) is 3.46. The van der Waals surface area contributed by atoms with Crippen molar-refractivity contribution < 1.29 is 4.79 Å². The molecule has 0 bridgehead atoms. The molecular formula is C8H6N2OS. The number of hydrogen-bond acceptors (Lipinski definition) is 3. The molecular weight excluding hydrogens is 172 g/mol. The van der Waals surface area contributed by atoms with Gasteiger partial charge in [-0.3, -0.25) is 9.89 Å². The first kappa shape index (κ1) is 7.24. The van der Waals surface area contributed by atoms with Crippen LogP contribution in [0, 0.1) is 0 Å². The van der Waals surface area contributed by atoms with E-state index in [-0.39, 0.29) is 5.78 Å². The summed E-state index contributed by atoms with van der Waals surface area (Å²) in [6.07, 6.45) is 1.64. The van der Waals surface area contributed by atoms with E-state index in [1.54, 1.807) is 18.3 Å². The molecule has 2 rings (SSSR count). The number of carbonyl (C=O) groups excluding carboxylic acids is 1. The molecule has 3 nitrogen and oxygen atoms in total. The summed E-state index contributed by atoms with van der Waals surface area (Å²) < 4.78 is 0. The summed E-state index contributed by atoms with van der Waals surface area (Å²) >= 11 is 1.43. The Morgan fingerprint density at radius 2 is 2.42 bits per heavy atom. The average Bonchev–Trinajstić information content (AvgIpc) is 2.77. The molecule has 12 heavy (non-hydrogen) atoms. The van der Waals surface area contributed by atoms with Crippen LogP contribution in [-0.4, -0.2) is 16.0 Å². The van der Waals surface area contributed by atoms with Crippen molar-refractivity contribution in [1.82, 2.24) is 10.2 Å². The first-order valence-corrected chi connectivity index (χ1v) is 4.34. The molecule has 4 heteroatoms. The molecule has 2 heterocycles. The lowest BCUT2D eigenvalue weighted by atomic mass is 10.2. The highest BCUT2D eigenvalue weighted by atomic mass is 32.1. The van der Waals surface area contributed by atoms with E-state index >= 15 is 0 Å². The Labute approximate surface area is 73.1 Å². The first-order chi connectivity index (χ1) is 5.88. The predicted molar refractivity (Wildman–Crippen MR) is 46.3 cm³/mol. The highest BCUT2D eigenvalue weighted by Crippen LogP contribution is 2.12. The fourth-order valence-electron chi connectivity index (χ4n) is 0.921. The maximum atomic E-state index is 11.5. The van der Waals surface area contributed by atoms with Gasteiger partial charge in [0.25, 0.3) is 0 Å². The van der Waals surface area contributed by atoms with Crippen LogP contribution >= 0.6 is 11.3 Å². The zero-order valence-electron chi connectivity index (χ0n) is 6.15. The molecule has 0 aliphatic rings. The van der Waals surface area contributed by atoms with Gasteiger partial charge in [0, 0.05) is 6.20 Å². The Bertz CT molecular complexity index is 327. The van der Waals surface area contributed by atoms with Crippen LogP contribution in [0.25, 0.3) is 0 Å². The fourth-order valence-corrected chi connectivity index (χ4v) is 1.59. The molecule has 0 atom stereocenters. The third-order valence-electron chi connectivity index (χ3n) is 1.48. The molecule has 0 aromatic carbocycles. The largest absolute Gasteiger partial charge is 0.286 e. The van der Waals surface area contributed by atoms with Crippen molar-refractivity contribution in [3.63, 3.8) is 0 Å². The van der Waals surface area contributed by atoms with Crippen LogP contribution in [0.15, 0.2) is 29.8 Å². The summed E-state index contributed by atoms with van der Waals surface area (Å²) in [6, 6.07) is 5.31. The number of H-pyrrole nitrogens is 1. The maximum Gasteiger partial charge on any atom is 0.223 e. The van der Waals surface area contributed by atoms with Crippen LogP contribution in [0.5, 0.6) is 0 Å². The summed E-state index contributed by atoms with van der Waals surface area (Å²) in [6.45, 7) is 0. The van der Waals surface area contributed by atoms with Crippen LogP contribution in [0.1, 0.15) is 15.4 Å². The number of ketones is 1. The molecule has 60 valence electrons. The minimum atomic E-state index is -0.0220. The second kappa shape index (κ2) is 2.91. The minimum absolute atomic E-state index is 0.0220. The van der Waals surface area contributed by atoms with E-state index in [4.69, 9.17) is 0 Å². The van der Waals surface area contributed by atoms with Gasteiger partial charge >= 0.3 is 0 Å². The number of nitrogens with one attached hydrogen (secondary N) is 1. The molecule has 1 N–H and O–H groups in total. The highest BCUT2D eigenvalue weighted by Gasteiger charge is 2.10. The number of hydrogen-bond donors (Lipinski definition) is 1. The summed E-state index contributed by atoms with van der Waals surface area (Å²) in [4.78, 5) is 12.2. The number of thiophene rings is 1. The average molecular weight is 178 g/mol. The number of rotatable bonds is 2. The SMILES string of the molecule is O=C(c1cc[nH]n1)c1cccs1. The van der Waals surface area contributed by atoms with Crippen LogP contribution in [-0.2, 0) is 0 Å².